The Morgan fingerprint density at radius 3 is 2.55 bits per heavy atom. The molecule has 1 aliphatic heterocycles. The van der Waals surface area contributed by atoms with E-state index in [1.165, 1.54) is 12.4 Å². The van der Waals surface area contributed by atoms with Gasteiger partial charge in [0.05, 0.1) is 42.1 Å². The predicted molar refractivity (Wildman–Crippen MR) is 150 cm³/mol. The maximum Gasteiger partial charge on any atom is 0.341 e. The van der Waals surface area contributed by atoms with E-state index in [-0.39, 0.29) is 0 Å². The van der Waals surface area contributed by atoms with Crippen molar-refractivity contribution in [3.05, 3.63) is 53.2 Å². The van der Waals surface area contributed by atoms with Crippen molar-refractivity contribution >= 4 is 45.0 Å². The highest BCUT2D eigenvalue weighted by Gasteiger charge is 2.21. The number of anilines is 3. The summed E-state index contributed by atoms with van der Waals surface area (Å²) in [5.41, 5.74) is 3.30. The summed E-state index contributed by atoms with van der Waals surface area (Å²) in [5, 5.41) is 3.33. The van der Waals surface area contributed by atoms with Crippen molar-refractivity contribution in [3.63, 3.8) is 0 Å². The van der Waals surface area contributed by atoms with Crippen LogP contribution < -0.4 is 15.1 Å². The fraction of sp³-hybridized carbons (Fsp3) is 0.370. The number of esters is 1. The van der Waals surface area contributed by atoms with E-state index in [2.05, 4.69) is 57.4 Å². The molecule has 0 spiro atoms. The summed E-state index contributed by atoms with van der Waals surface area (Å²) in [6.07, 6.45) is 2.99. The van der Waals surface area contributed by atoms with E-state index in [0.717, 1.165) is 51.8 Å². The molecule has 5 rings (SSSR count). The Hall–Kier alpha value is -3.83. The fourth-order valence-electron chi connectivity index (χ4n) is 4.24. The van der Waals surface area contributed by atoms with Gasteiger partial charge in [-0.05, 0) is 44.2 Å². The topological polar surface area (TPSA) is 106 Å². The lowest BCUT2D eigenvalue weighted by molar-refractivity contribution is 0.0525. The maximum absolute atomic E-state index is 11.9. The summed E-state index contributed by atoms with van der Waals surface area (Å²) in [7, 11) is 1.93. The van der Waals surface area contributed by atoms with Crippen molar-refractivity contribution in [1.29, 1.82) is 0 Å². The van der Waals surface area contributed by atoms with Crippen molar-refractivity contribution < 1.29 is 14.3 Å². The van der Waals surface area contributed by atoms with Crippen LogP contribution in [0.4, 0.5) is 17.5 Å². The lowest BCUT2D eigenvalue weighted by atomic mass is 10.2. The second-order valence-corrected chi connectivity index (χ2v) is 9.99. The number of nitrogens with one attached hydrogen (secondary N) is 1. The van der Waals surface area contributed by atoms with Crippen LogP contribution in [0.5, 0.6) is 0 Å². The van der Waals surface area contributed by atoms with E-state index in [9.17, 15) is 4.79 Å². The average molecular weight is 534 g/mol. The molecule has 0 aliphatic carbocycles. The standard InChI is InChI=1S/C27H31N7O3S/c1-4-28-20-8-6-18(7-9-20)24-31-22-14-21(38-23(22)25(32-24)34-10-12-36-13-11-34)17-33(3)27-29-15-19(16-30-27)26(35)37-5-2/h6-9,14-16,28H,4-5,10-13,17H2,1-3H3. The number of carbonyl (C=O) groups excluding carboxylic acids is 1. The molecule has 0 saturated carbocycles. The summed E-state index contributed by atoms with van der Waals surface area (Å²) < 4.78 is 11.7. The Labute approximate surface area is 225 Å². The molecule has 3 aromatic heterocycles. The lowest BCUT2D eigenvalue weighted by Crippen LogP contribution is -2.36. The van der Waals surface area contributed by atoms with Crippen molar-refractivity contribution in [2.75, 3.05) is 61.6 Å². The van der Waals surface area contributed by atoms with Gasteiger partial charge < -0.3 is 24.6 Å². The molecular weight excluding hydrogens is 502 g/mol. The highest BCUT2D eigenvalue weighted by molar-refractivity contribution is 7.19. The van der Waals surface area contributed by atoms with Crippen LogP contribution >= 0.6 is 11.3 Å². The number of nitrogens with zero attached hydrogens (tertiary/aromatic N) is 6. The van der Waals surface area contributed by atoms with Gasteiger partial charge in [-0.15, -0.1) is 11.3 Å². The third-order valence-corrected chi connectivity index (χ3v) is 7.23. The van der Waals surface area contributed by atoms with Gasteiger partial charge in [0, 0.05) is 55.2 Å². The Kier molecular flexibility index (Phi) is 7.94. The minimum atomic E-state index is -0.424. The van der Waals surface area contributed by atoms with Crippen LogP contribution in [0.15, 0.2) is 42.7 Å². The lowest BCUT2D eigenvalue weighted by Gasteiger charge is -2.28. The molecular formula is C27H31N7O3S. The Balaban J connectivity index is 1.44. The molecule has 0 unspecified atom stereocenters. The summed E-state index contributed by atoms with van der Waals surface area (Å²) in [5.74, 6) is 1.75. The molecule has 198 valence electrons. The number of rotatable bonds is 9. The van der Waals surface area contributed by atoms with Gasteiger partial charge in [0.1, 0.15) is 0 Å². The molecule has 0 amide bonds. The van der Waals surface area contributed by atoms with Gasteiger partial charge in [0.15, 0.2) is 11.6 Å². The van der Waals surface area contributed by atoms with Crippen LogP contribution in [0.2, 0.25) is 0 Å². The van der Waals surface area contributed by atoms with E-state index >= 15 is 0 Å². The molecule has 0 bridgehead atoms. The summed E-state index contributed by atoms with van der Waals surface area (Å²) in [6.45, 7) is 8.56. The number of thiophene rings is 1. The number of ether oxygens (including phenoxy) is 2. The Morgan fingerprint density at radius 2 is 1.87 bits per heavy atom. The van der Waals surface area contributed by atoms with E-state index in [1.54, 1.807) is 18.3 Å². The summed E-state index contributed by atoms with van der Waals surface area (Å²) in [6, 6.07) is 10.3. The smallest absolute Gasteiger partial charge is 0.341 e. The zero-order valence-corrected chi connectivity index (χ0v) is 22.6. The number of aromatic nitrogens is 4. The van der Waals surface area contributed by atoms with E-state index in [0.29, 0.717) is 43.7 Å². The molecule has 1 aliphatic rings. The molecule has 0 atom stereocenters. The number of hydrogen-bond acceptors (Lipinski definition) is 11. The SMILES string of the molecule is CCNc1ccc(-c2nc(N3CCOCC3)c3sc(CN(C)c4ncc(C(=O)OCC)cn4)cc3n2)cc1. The number of fused-ring (bicyclic) bond motifs is 1. The molecule has 1 N–H and O–H groups in total. The largest absolute Gasteiger partial charge is 0.462 e. The second-order valence-electron chi connectivity index (χ2n) is 8.85. The van der Waals surface area contributed by atoms with Gasteiger partial charge in [0.2, 0.25) is 5.95 Å². The Bertz CT molecular complexity index is 1390. The Morgan fingerprint density at radius 1 is 1.13 bits per heavy atom. The van der Waals surface area contributed by atoms with Crippen LogP contribution in [-0.4, -0.2) is 72.4 Å². The fourth-order valence-corrected chi connectivity index (χ4v) is 5.41. The van der Waals surface area contributed by atoms with Gasteiger partial charge in [-0.2, -0.15) is 0 Å². The number of benzene rings is 1. The quantitative estimate of drug-likeness (QED) is 0.314. The third-order valence-electron chi connectivity index (χ3n) is 6.12. The highest BCUT2D eigenvalue weighted by atomic mass is 32.1. The highest BCUT2D eigenvalue weighted by Crippen LogP contribution is 2.35. The molecule has 1 aromatic carbocycles. The molecule has 1 saturated heterocycles. The molecule has 1 fully saturated rings. The first-order valence-corrected chi connectivity index (χ1v) is 13.5. The van der Waals surface area contributed by atoms with E-state index in [4.69, 9.17) is 19.4 Å². The van der Waals surface area contributed by atoms with Crippen LogP contribution in [0, 0.1) is 0 Å². The normalized spacial score (nSPS) is 13.5. The second kappa shape index (κ2) is 11.7. The van der Waals surface area contributed by atoms with Gasteiger partial charge in [-0.1, -0.05) is 0 Å². The van der Waals surface area contributed by atoms with Crippen molar-refractivity contribution in [2.45, 2.75) is 20.4 Å². The van der Waals surface area contributed by atoms with Crippen LogP contribution in [0.3, 0.4) is 0 Å². The zero-order chi connectivity index (χ0) is 26.5. The minimum absolute atomic E-state index is 0.310. The number of morpholine rings is 1. The average Bonchev–Trinajstić information content (AvgIpc) is 3.36. The zero-order valence-electron chi connectivity index (χ0n) is 21.8. The van der Waals surface area contributed by atoms with Crippen LogP contribution in [0.1, 0.15) is 29.1 Å². The molecule has 11 heteroatoms. The molecule has 38 heavy (non-hydrogen) atoms. The van der Waals surface area contributed by atoms with Gasteiger partial charge in [0.25, 0.3) is 0 Å². The number of hydrogen-bond donors (Lipinski definition) is 1. The van der Waals surface area contributed by atoms with E-state index < -0.39 is 5.97 Å². The van der Waals surface area contributed by atoms with Gasteiger partial charge >= 0.3 is 5.97 Å². The van der Waals surface area contributed by atoms with Crippen LogP contribution in [0.25, 0.3) is 21.6 Å². The monoisotopic (exact) mass is 533 g/mol. The summed E-state index contributed by atoms with van der Waals surface area (Å²) in [4.78, 5) is 36.0. The van der Waals surface area contributed by atoms with Crippen LogP contribution in [-0.2, 0) is 16.0 Å². The van der Waals surface area contributed by atoms with Crippen molar-refractivity contribution in [2.24, 2.45) is 0 Å². The first-order chi connectivity index (χ1) is 18.6. The van der Waals surface area contributed by atoms with Crippen molar-refractivity contribution in [3.8, 4) is 11.4 Å². The first kappa shape index (κ1) is 25.8. The van der Waals surface area contributed by atoms with Gasteiger partial charge in [-0.3, -0.25) is 0 Å². The first-order valence-electron chi connectivity index (χ1n) is 12.7. The summed E-state index contributed by atoms with van der Waals surface area (Å²) >= 11 is 1.68. The molecule has 4 heterocycles. The minimum Gasteiger partial charge on any atom is -0.462 e. The molecule has 0 radical (unpaired) electrons. The predicted octanol–water partition coefficient (Wildman–Crippen LogP) is 4.23. The molecule has 10 nitrogen and oxygen atoms in total. The van der Waals surface area contributed by atoms with Crippen molar-refractivity contribution in [1.82, 2.24) is 19.9 Å². The van der Waals surface area contributed by atoms with E-state index in [1.807, 2.05) is 11.9 Å². The maximum atomic E-state index is 11.9. The third kappa shape index (κ3) is 5.68. The van der Waals surface area contributed by atoms with Gasteiger partial charge in [-0.25, -0.2) is 24.7 Å². The molecule has 4 aromatic rings. The number of carbonyl (C=O) groups is 1.